The maximum Gasteiger partial charge on any atom is 0.351 e. The molecule has 2 heterocycles. The van der Waals surface area contributed by atoms with Crippen molar-refractivity contribution in [3.63, 3.8) is 0 Å². The molecule has 22 heavy (non-hydrogen) atoms. The Labute approximate surface area is 126 Å². The maximum atomic E-state index is 11.9. The fourth-order valence-corrected chi connectivity index (χ4v) is 2.90. The Morgan fingerprint density at radius 1 is 1.55 bits per heavy atom. The number of nitrogen functional groups attached to an aromatic ring is 1. The molecule has 3 unspecified atom stereocenters. The molecule has 124 valence electrons. The summed E-state index contributed by atoms with van der Waals surface area (Å²) in [4.78, 5) is 24.5. The van der Waals surface area contributed by atoms with Crippen molar-refractivity contribution in [1.82, 2.24) is 9.55 Å². The fraction of sp³-hybridized carbons (Fsp3) is 0.636. The molecule has 1 aromatic rings. The molecular formula is C11H18N3O7P. The van der Waals surface area contributed by atoms with Crippen molar-refractivity contribution in [1.29, 1.82) is 0 Å². The molecular weight excluding hydrogens is 317 g/mol. The van der Waals surface area contributed by atoms with E-state index in [4.69, 9.17) is 24.6 Å². The summed E-state index contributed by atoms with van der Waals surface area (Å²) in [5.41, 5.74) is 4.76. The number of aliphatic hydroxyl groups is 1. The average molecular weight is 335 g/mol. The fourth-order valence-electron chi connectivity index (χ4n) is 2.40. The van der Waals surface area contributed by atoms with Crippen LogP contribution in [0.3, 0.4) is 0 Å². The Morgan fingerprint density at radius 3 is 2.73 bits per heavy atom. The molecule has 6 atom stereocenters. The summed E-state index contributed by atoms with van der Waals surface area (Å²) in [6.45, 7) is 1.44. The van der Waals surface area contributed by atoms with E-state index in [1.807, 2.05) is 0 Å². The molecule has 10 nitrogen and oxygen atoms in total. The molecule has 1 saturated heterocycles. The number of aromatic nitrogens is 2. The zero-order valence-electron chi connectivity index (χ0n) is 11.9. The molecule has 0 amide bonds. The topological polar surface area (TPSA) is 146 Å². The van der Waals surface area contributed by atoms with Crippen LogP contribution in [0.15, 0.2) is 17.1 Å². The van der Waals surface area contributed by atoms with E-state index in [0.29, 0.717) is 0 Å². The summed E-state index contributed by atoms with van der Waals surface area (Å²) in [6, 6.07) is 1.40. The van der Waals surface area contributed by atoms with Crippen LogP contribution in [0.2, 0.25) is 0 Å². The third-order valence-electron chi connectivity index (χ3n) is 3.34. The molecule has 11 heteroatoms. The number of nitrogens with zero attached hydrogens (tertiary/aromatic N) is 2. The van der Waals surface area contributed by atoms with Gasteiger partial charge in [-0.05, 0) is 13.0 Å². The maximum absolute atomic E-state index is 11.9. The standard InChI is InChI=1S/C11H18N3O7P/c1-5(15)7-8(21-22(17)18)9(19-2)10(20-7)14-4-3-6(12)13-11(14)16/h3-5,7-10,15,22H,1-2H3,(H,17,18)(H2,12,13,16)/t5-,7+,8?,9?,10+/m0/s1. The Bertz CT molecular complexity index is 608. The van der Waals surface area contributed by atoms with Gasteiger partial charge >= 0.3 is 13.9 Å². The first-order chi connectivity index (χ1) is 10.3. The molecule has 2 rings (SSSR count). The molecule has 1 aliphatic heterocycles. The van der Waals surface area contributed by atoms with Crippen LogP contribution >= 0.6 is 8.25 Å². The van der Waals surface area contributed by atoms with Gasteiger partial charge < -0.3 is 29.7 Å². The van der Waals surface area contributed by atoms with Crippen molar-refractivity contribution in [2.75, 3.05) is 12.8 Å². The Kier molecular flexibility index (Phi) is 5.32. The molecule has 1 aliphatic rings. The van der Waals surface area contributed by atoms with E-state index in [9.17, 15) is 14.5 Å². The van der Waals surface area contributed by atoms with Crippen LogP contribution in [0.25, 0.3) is 0 Å². The molecule has 0 aliphatic carbocycles. The summed E-state index contributed by atoms with van der Waals surface area (Å²) in [5.74, 6) is 0.0495. The second-order valence-electron chi connectivity index (χ2n) is 4.82. The van der Waals surface area contributed by atoms with Gasteiger partial charge in [-0.1, -0.05) is 0 Å². The zero-order chi connectivity index (χ0) is 16.4. The number of nitrogens with two attached hydrogens (primary N) is 1. The number of hydrogen-bond acceptors (Lipinski definition) is 8. The van der Waals surface area contributed by atoms with Gasteiger partial charge in [0.15, 0.2) is 6.23 Å². The van der Waals surface area contributed by atoms with Crippen LogP contribution < -0.4 is 11.4 Å². The van der Waals surface area contributed by atoms with Gasteiger partial charge in [-0.3, -0.25) is 9.13 Å². The minimum absolute atomic E-state index is 0.0495. The molecule has 1 fully saturated rings. The van der Waals surface area contributed by atoms with Crippen molar-refractivity contribution < 1.29 is 28.6 Å². The first-order valence-corrected chi connectivity index (χ1v) is 7.72. The van der Waals surface area contributed by atoms with Gasteiger partial charge in [0.1, 0.15) is 24.1 Å². The third-order valence-corrected chi connectivity index (χ3v) is 3.81. The van der Waals surface area contributed by atoms with E-state index in [-0.39, 0.29) is 5.82 Å². The monoisotopic (exact) mass is 335 g/mol. The highest BCUT2D eigenvalue weighted by molar-refractivity contribution is 7.32. The lowest BCUT2D eigenvalue weighted by Crippen LogP contribution is -2.40. The van der Waals surface area contributed by atoms with E-state index in [0.717, 1.165) is 4.57 Å². The van der Waals surface area contributed by atoms with Crippen LogP contribution in [0.4, 0.5) is 5.82 Å². The summed E-state index contributed by atoms with van der Waals surface area (Å²) >= 11 is 0. The van der Waals surface area contributed by atoms with E-state index >= 15 is 0 Å². The Morgan fingerprint density at radius 2 is 2.23 bits per heavy atom. The molecule has 0 bridgehead atoms. The van der Waals surface area contributed by atoms with Crippen LogP contribution in [0, 0.1) is 0 Å². The van der Waals surface area contributed by atoms with Crippen molar-refractivity contribution in [2.24, 2.45) is 0 Å². The quantitative estimate of drug-likeness (QED) is 0.570. The number of aliphatic hydroxyl groups excluding tert-OH is 1. The lowest BCUT2D eigenvalue weighted by atomic mass is 10.1. The molecule has 0 spiro atoms. The van der Waals surface area contributed by atoms with Gasteiger partial charge in [-0.15, -0.1) is 0 Å². The summed E-state index contributed by atoms with van der Waals surface area (Å²) in [6.07, 6.45) is -3.46. The van der Waals surface area contributed by atoms with Crippen LogP contribution in [-0.2, 0) is 18.6 Å². The normalized spacial score (nSPS) is 31.1. The largest absolute Gasteiger partial charge is 0.391 e. The van der Waals surface area contributed by atoms with E-state index < -0.39 is 44.6 Å². The molecule has 0 radical (unpaired) electrons. The van der Waals surface area contributed by atoms with Crippen LogP contribution in [0.5, 0.6) is 0 Å². The second-order valence-corrected chi connectivity index (χ2v) is 5.59. The lowest BCUT2D eigenvalue weighted by molar-refractivity contribution is -0.0816. The minimum atomic E-state index is -3.29. The predicted molar refractivity (Wildman–Crippen MR) is 75.4 cm³/mol. The molecule has 0 saturated carbocycles. The van der Waals surface area contributed by atoms with Gasteiger partial charge in [0.2, 0.25) is 0 Å². The van der Waals surface area contributed by atoms with Crippen molar-refractivity contribution in [3.05, 3.63) is 22.7 Å². The van der Waals surface area contributed by atoms with Gasteiger partial charge in [-0.25, -0.2) is 4.79 Å². The van der Waals surface area contributed by atoms with Crippen molar-refractivity contribution >= 4 is 14.1 Å². The van der Waals surface area contributed by atoms with E-state index in [1.54, 1.807) is 0 Å². The second kappa shape index (κ2) is 6.86. The van der Waals surface area contributed by atoms with Crippen molar-refractivity contribution in [3.8, 4) is 0 Å². The first-order valence-electron chi connectivity index (χ1n) is 6.45. The van der Waals surface area contributed by atoms with E-state index in [2.05, 4.69) is 4.98 Å². The average Bonchev–Trinajstić information content (AvgIpc) is 2.76. The van der Waals surface area contributed by atoms with Gasteiger partial charge in [0.05, 0.1) is 6.10 Å². The van der Waals surface area contributed by atoms with Crippen molar-refractivity contribution in [2.45, 2.75) is 37.6 Å². The summed E-state index contributed by atoms with van der Waals surface area (Å²) in [5, 5.41) is 9.77. The highest BCUT2D eigenvalue weighted by Crippen LogP contribution is 2.38. The first kappa shape index (κ1) is 17.1. The Hall–Kier alpha value is -1.29. The van der Waals surface area contributed by atoms with Crippen LogP contribution in [-0.4, -0.2) is 51.1 Å². The summed E-state index contributed by atoms with van der Waals surface area (Å²) < 4.78 is 27.9. The minimum Gasteiger partial charge on any atom is -0.391 e. The predicted octanol–water partition coefficient (Wildman–Crippen LogP) is -1.11. The molecule has 1 aromatic heterocycles. The SMILES string of the molecule is COC1C(O[PH](=O)O)[C@@H]([C@H](C)O)O[C@H]1n1ccc(N)nc1=O. The lowest BCUT2D eigenvalue weighted by Gasteiger charge is -2.23. The van der Waals surface area contributed by atoms with Gasteiger partial charge in [-0.2, -0.15) is 4.98 Å². The van der Waals surface area contributed by atoms with Gasteiger partial charge in [0, 0.05) is 13.3 Å². The highest BCUT2D eigenvalue weighted by Gasteiger charge is 2.49. The number of methoxy groups -OCH3 is 1. The zero-order valence-corrected chi connectivity index (χ0v) is 12.9. The van der Waals surface area contributed by atoms with Crippen LogP contribution in [0.1, 0.15) is 13.2 Å². The summed E-state index contributed by atoms with van der Waals surface area (Å²) in [7, 11) is -1.95. The third kappa shape index (κ3) is 3.37. The number of ether oxygens (including phenoxy) is 2. The molecule has 0 aromatic carbocycles. The molecule has 4 N–H and O–H groups in total. The highest BCUT2D eigenvalue weighted by atomic mass is 31.1. The van der Waals surface area contributed by atoms with Gasteiger partial charge in [0.25, 0.3) is 0 Å². The van der Waals surface area contributed by atoms with E-state index in [1.165, 1.54) is 26.3 Å². The Balaban J connectivity index is 2.39. The smallest absolute Gasteiger partial charge is 0.351 e. The number of hydrogen-bond donors (Lipinski definition) is 3. The number of anilines is 1. The number of rotatable bonds is 5.